The first-order valence-electron chi connectivity index (χ1n) is 10.5. The molecular weight excluding hydrogens is 324 g/mol. The van der Waals surface area contributed by atoms with Crippen LogP contribution < -0.4 is 0 Å². The summed E-state index contributed by atoms with van der Waals surface area (Å²) in [7, 11) is 1.45. The molecular formula is C23H34O3. The smallest absolute Gasteiger partial charge is 0.330 e. The summed E-state index contributed by atoms with van der Waals surface area (Å²) in [5.74, 6) is 2.57. The van der Waals surface area contributed by atoms with Crippen molar-refractivity contribution in [3.63, 3.8) is 0 Å². The van der Waals surface area contributed by atoms with Gasteiger partial charge in [-0.15, -0.1) is 0 Å². The Hall–Kier alpha value is -1.09. The number of rotatable bonds is 2. The minimum Gasteiger partial charge on any atom is -0.466 e. The molecule has 7 atom stereocenters. The zero-order chi connectivity index (χ0) is 18.5. The molecule has 0 saturated heterocycles. The molecule has 4 aliphatic rings. The largest absolute Gasteiger partial charge is 0.466 e. The summed E-state index contributed by atoms with van der Waals surface area (Å²) in [6, 6.07) is 0. The van der Waals surface area contributed by atoms with Crippen molar-refractivity contribution >= 4 is 5.97 Å². The molecule has 0 aromatic carbocycles. The van der Waals surface area contributed by atoms with Crippen LogP contribution in [-0.4, -0.2) is 24.3 Å². The van der Waals surface area contributed by atoms with E-state index in [9.17, 15) is 9.90 Å². The Labute approximate surface area is 157 Å². The van der Waals surface area contributed by atoms with Crippen molar-refractivity contribution in [2.75, 3.05) is 7.11 Å². The molecule has 3 saturated carbocycles. The van der Waals surface area contributed by atoms with Gasteiger partial charge in [0.1, 0.15) is 0 Å². The monoisotopic (exact) mass is 358 g/mol. The molecule has 144 valence electrons. The van der Waals surface area contributed by atoms with Crippen LogP contribution in [0.15, 0.2) is 23.8 Å². The number of hydrogen-bond acceptors (Lipinski definition) is 3. The van der Waals surface area contributed by atoms with Gasteiger partial charge >= 0.3 is 5.97 Å². The Morgan fingerprint density at radius 1 is 1.19 bits per heavy atom. The van der Waals surface area contributed by atoms with Crippen molar-refractivity contribution in [1.29, 1.82) is 0 Å². The van der Waals surface area contributed by atoms with E-state index in [2.05, 4.69) is 26.0 Å². The maximum absolute atomic E-state index is 11.5. The van der Waals surface area contributed by atoms with Crippen molar-refractivity contribution in [3.05, 3.63) is 23.8 Å². The number of hydrogen-bond donors (Lipinski definition) is 1. The van der Waals surface area contributed by atoms with Crippen LogP contribution in [0.25, 0.3) is 0 Å². The molecule has 4 aliphatic carbocycles. The second kappa shape index (κ2) is 6.51. The SMILES string of the molecule is COC(=O)/C=C/C1CCC2C3CC=C4CC(O)CCC4(C)C3CCC12C. The van der Waals surface area contributed by atoms with Gasteiger partial charge in [-0.05, 0) is 85.9 Å². The van der Waals surface area contributed by atoms with Crippen LogP contribution in [0, 0.1) is 34.5 Å². The van der Waals surface area contributed by atoms with E-state index in [0.29, 0.717) is 16.7 Å². The summed E-state index contributed by atoms with van der Waals surface area (Å²) in [5, 5.41) is 10.1. The summed E-state index contributed by atoms with van der Waals surface area (Å²) in [6.45, 7) is 4.95. The van der Waals surface area contributed by atoms with Gasteiger partial charge in [-0.2, -0.15) is 0 Å². The van der Waals surface area contributed by atoms with Crippen LogP contribution in [0.5, 0.6) is 0 Å². The Kier molecular flexibility index (Phi) is 4.58. The normalized spacial score (nSPS) is 47.7. The van der Waals surface area contributed by atoms with Crippen molar-refractivity contribution < 1.29 is 14.6 Å². The Balaban J connectivity index is 1.58. The highest BCUT2D eigenvalue weighted by Crippen LogP contribution is 2.66. The second-order valence-corrected chi connectivity index (χ2v) is 9.77. The molecule has 0 bridgehead atoms. The van der Waals surface area contributed by atoms with E-state index in [-0.39, 0.29) is 12.1 Å². The van der Waals surface area contributed by atoms with E-state index in [1.54, 1.807) is 11.6 Å². The molecule has 7 unspecified atom stereocenters. The summed E-state index contributed by atoms with van der Waals surface area (Å²) in [5.41, 5.74) is 2.17. The maximum atomic E-state index is 11.5. The molecule has 0 aromatic rings. The average Bonchev–Trinajstić information content (AvgIpc) is 2.96. The Morgan fingerprint density at radius 2 is 2.00 bits per heavy atom. The first-order valence-corrected chi connectivity index (χ1v) is 10.5. The van der Waals surface area contributed by atoms with Crippen LogP contribution in [0.4, 0.5) is 0 Å². The third-order valence-corrected chi connectivity index (χ3v) is 8.82. The Bertz CT molecular complexity index is 635. The third kappa shape index (κ3) is 2.69. The number of aliphatic hydroxyl groups is 1. The lowest BCUT2D eigenvalue weighted by atomic mass is 9.47. The van der Waals surface area contributed by atoms with Crippen molar-refractivity contribution in [3.8, 4) is 0 Å². The minimum atomic E-state index is -0.232. The molecule has 0 aromatic heterocycles. The van der Waals surface area contributed by atoms with E-state index in [1.807, 2.05) is 0 Å². The van der Waals surface area contributed by atoms with Gasteiger partial charge in [0.2, 0.25) is 0 Å². The minimum absolute atomic E-state index is 0.126. The van der Waals surface area contributed by atoms with E-state index < -0.39 is 0 Å². The summed E-state index contributed by atoms with van der Waals surface area (Å²) >= 11 is 0. The standard InChI is InChI=1S/C23H34O3/c1-22-13-11-20-18(7-4-16-14-17(24)10-12-23(16,20)2)19(22)8-5-15(22)6-9-21(25)26-3/h4,6,9,15,17-20,24H,5,7-8,10-14H2,1-3H3/b9-6+. The molecule has 0 radical (unpaired) electrons. The van der Waals surface area contributed by atoms with Gasteiger partial charge < -0.3 is 9.84 Å². The second-order valence-electron chi connectivity index (χ2n) is 9.77. The van der Waals surface area contributed by atoms with Gasteiger partial charge in [-0.1, -0.05) is 31.6 Å². The molecule has 3 nitrogen and oxygen atoms in total. The first-order chi connectivity index (χ1) is 12.4. The molecule has 0 aliphatic heterocycles. The van der Waals surface area contributed by atoms with Crippen molar-refractivity contribution in [2.24, 2.45) is 34.5 Å². The number of carbonyl (C=O) groups excluding carboxylic acids is 1. The van der Waals surface area contributed by atoms with E-state index in [4.69, 9.17) is 4.74 Å². The number of aliphatic hydroxyl groups excluding tert-OH is 1. The van der Waals surface area contributed by atoms with Crippen molar-refractivity contribution in [1.82, 2.24) is 0 Å². The highest BCUT2D eigenvalue weighted by molar-refractivity contribution is 5.81. The molecule has 1 N–H and O–H groups in total. The molecule has 0 amide bonds. The van der Waals surface area contributed by atoms with Crippen LogP contribution in [-0.2, 0) is 9.53 Å². The third-order valence-electron chi connectivity index (χ3n) is 8.82. The van der Waals surface area contributed by atoms with Crippen LogP contribution in [0.2, 0.25) is 0 Å². The van der Waals surface area contributed by atoms with Crippen molar-refractivity contribution in [2.45, 2.75) is 71.3 Å². The topological polar surface area (TPSA) is 46.5 Å². The van der Waals surface area contributed by atoms with Gasteiger partial charge in [0.15, 0.2) is 0 Å². The lowest BCUT2D eigenvalue weighted by Gasteiger charge is -2.58. The van der Waals surface area contributed by atoms with Gasteiger partial charge in [0.05, 0.1) is 13.2 Å². The fraction of sp³-hybridized carbons (Fsp3) is 0.783. The van der Waals surface area contributed by atoms with Crippen LogP contribution in [0.1, 0.15) is 65.2 Å². The van der Waals surface area contributed by atoms with Gasteiger partial charge in [-0.25, -0.2) is 4.79 Å². The zero-order valence-corrected chi connectivity index (χ0v) is 16.5. The highest BCUT2D eigenvalue weighted by atomic mass is 16.5. The number of esters is 1. The van der Waals surface area contributed by atoms with Gasteiger partial charge in [-0.3, -0.25) is 0 Å². The number of methoxy groups -OCH3 is 1. The quantitative estimate of drug-likeness (QED) is 0.444. The van der Waals surface area contributed by atoms with Gasteiger partial charge in [0, 0.05) is 6.08 Å². The molecule has 3 heteroatoms. The zero-order valence-electron chi connectivity index (χ0n) is 16.5. The fourth-order valence-corrected chi connectivity index (χ4v) is 7.26. The maximum Gasteiger partial charge on any atom is 0.330 e. The lowest BCUT2D eigenvalue weighted by Crippen LogP contribution is -2.50. The van der Waals surface area contributed by atoms with Crippen LogP contribution in [0.3, 0.4) is 0 Å². The van der Waals surface area contributed by atoms with Crippen LogP contribution >= 0.6 is 0 Å². The number of carbonyl (C=O) groups is 1. The summed E-state index contributed by atoms with van der Waals surface area (Å²) in [4.78, 5) is 11.5. The lowest BCUT2D eigenvalue weighted by molar-refractivity contribution is -0.134. The molecule has 4 rings (SSSR count). The summed E-state index contributed by atoms with van der Waals surface area (Å²) < 4.78 is 4.79. The number of ether oxygens (including phenoxy) is 1. The Morgan fingerprint density at radius 3 is 2.77 bits per heavy atom. The molecule has 3 fully saturated rings. The predicted octanol–water partition coefficient (Wildman–Crippen LogP) is 4.66. The first kappa shape index (κ1) is 18.3. The molecule has 0 spiro atoms. The van der Waals surface area contributed by atoms with E-state index in [0.717, 1.165) is 37.0 Å². The number of fused-ring (bicyclic) bond motifs is 5. The number of allylic oxidation sites excluding steroid dienone is 2. The van der Waals surface area contributed by atoms with E-state index in [1.165, 1.54) is 39.2 Å². The molecule has 26 heavy (non-hydrogen) atoms. The van der Waals surface area contributed by atoms with Gasteiger partial charge in [0.25, 0.3) is 0 Å². The highest BCUT2D eigenvalue weighted by Gasteiger charge is 2.58. The fourth-order valence-electron chi connectivity index (χ4n) is 7.26. The average molecular weight is 359 g/mol. The molecule has 0 heterocycles. The van der Waals surface area contributed by atoms with E-state index >= 15 is 0 Å². The predicted molar refractivity (Wildman–Crippen MR) is 102 cm³/mol. The summed E-state index contributed by atoms with van der Waals surface area (Å²) in [6.07, 6.45) is 15.4.